The van der Waals surface area contributed by atoms with E-state index < -0.39 is 18.7 Å². The quantitative estimate of drug-likeness (QED) is 0.841. The monoisotopic (exact) mass is 393 g/mol. The van der Waals surface area contributed by atoms with Crippen molar-refractivity contribution in [1.29, 1.82) is 0 Å². The summed E-state index contributed by atoms with van der Waals surface area (Å²) in [6, 6.07) is 7.76. The number of nitrogens with zero attached hydrogens (tertiary/aromatic N) is 2. The minimum atomic E-state index is -4.46. The molecule has 28 heavy (non-hydrogen) atoms. The number of hydrogen-bond acceptors (Lipinski definition) is 4. The Morgan fingerprint density at radius 3 is 2.64 bits per heavy atom. The first-order chi connectivity index (χ1) is 13.2. The Labute approximate surface area is 159 Å². The molecule has 1 aliphatic heterocycles. The normalized spacial score (nSPS) is 14.3. The van der Waals surface area contributed by atoms with Gasteiger partial charge in [0.05, 0.1) is 5.56 Å². The first-order valence-electron chi connectivity index (χ1n) is 8.61. The van der Waals surface area contributed by atoms with E-state index in [1.54, 1.807) is 23.1 Å². The number of pyridine rings is 1. The van der Waals surface area contributed by atoms with Crippen molar-refractivity contribution in [2.75, 3.05) is 23.4 Å². The molecule has 0 saturated carbocycles. The summed E-state index contributed by atoms with van der Waals surface area (Å²) in [7, 11) is 0. The number of carbonyl (C=O) groups is 2. The van der Waals surface area contributed by atoms with Gasteiger partial charge in [-0.25, -0.2) is 4.98 Å². The highest BCUT2D eigenvalue weighted by atomic mass is 19.4. The van der Waals surface area contributed by atoms with Crippen molar-refractivity contribution in [3.05, 3.63) is 47.7 Å². The molecule has 2 heterocycles. The van der Waals surface area contributed by atoms with E-state index in [1.807, 2.05) is 6.92 Å². The molecule has 6 nitrogen and oxygen atoms in total. The third-order valence-corrected chi connectivity index (χ3v) is 4.20. The maximum absolute atomic E-state index is 12.3. The van der Waals surface area contributed by atoms with Crippen LogP contribution in [0.5, 0.6) is 5.88 Å². The number of rotatable bonds is 5. The van der Waals surface area contributed by atoms with Crippen LogP contribution in [0.25, 0.3) is 0 Å². The Balaban J connectivity index is 1.64. The lowest BCUT2D eigenvalue weighted by molar-refractivity contribution is -0.154. The lowest BCUT2D eigenvalue weighted by atomic mass is 10.1. The number of benzene rings is 1. The Morgan fingerprint density at radius 2 is 2.07 bits per heavy atom. The van der Waals surface area contributed by atoms with Crippen molar-refractivity contribution in [3.8, 4) is 5.88 Å². The van der Waals surface area contributed by atoms with Crippen LogP contribution in [0.2, 0.25) is 0 Å². The van der Waals surface area contributed by atoms with Gasteiger partial charge in [0.25, 0.3) is 5.91 Å². The van der Waals surface area contributed by atoms with Crippen molar-refractivity contribution in [3.63, 3.8) is 0 Å². The summed E-state index contributed by atoms with van der Waals surface area (Å²) in [6.45, 7) is 1.08. The van der Waals surface area contributed by atoms with E-state index in [4.69, 9.17) is 0 Å². The molecule has 0 unspecified atom stereocenters. The summed E-state index contributed by atoms with van der Waals surface area (Å²) in [5, 5.41) is 2.70. The smallest absolute Gasteiger partial charge is 0.422 e. The molecule has 1 saturated heterocycles. The number of aromatic nitrogens is 1. The molecule has 148 valence electrons. The number of carbonyl (C=O) groups excluding carboxylic acids is 2. The van der Waals surface area contributed by atoms with Crippen molar-refractivity contribution < 1.29 is 27.5 Å². The highest BCUT2D eigenvalue weighted by Crippen LogP contribution is 2.27. The van der Waals surface area contributed by atoms with E-state index in [0.29, 0.717) is 18.7 Å². The highest BCUT2D eigenvalue weighted by molar-refractivity contribution is 6.04. The second-order valence-corrected chi connectivity index (χ2v) is 6.39. The molecule has 1 N–H and O–H groups in total. The first kappa shape index (κ1) is 19.7. The van der Waals surface area contributed by atoms with Gasteiger partial charge in [0.15, 0.2) is 6.61 Å². The number of amides is 2. The summed E-state index contributed by atoms with van der Waals surface area (Å²) in [5.74, 6) is -0.595. The fourth-order valence-corrected chi connectivity index (χ4v) is 2.90. The topological polar surface area (TPSA) is 71.5 Å². The first-order valence-corrected chi connectivity index (χ1v) is 8.61. The van der Waals surface area contributed by atoms with Crippen molar-refractivity contribution >= 4 is 23.2 Å². The van der Waals surface area contributed by atoms with Crippen LogP contribution in [0.1, 0.15) is 28.8 Å². The third kappa shape index (κ3) is 4.79. The molecule has 0 bridgehead atoms. The molecular weight excluding hydrogens is 375 g/mol. The molecule has 0 spiro atoms. The molecule has 0 aliphatic carbocycles. The molecule has 9 heteroatoms. The van der Waals surface area contributed by atoms with Crippen molar-refractivity contribution in [2.24, 2.45) is 0 Å². The maximum Gasteiger partial charge on any atom is 0.422 e. The van der Waals surface area contributed by atoms with Gasteiger partial charge in [0, 0.05) is 36.6 Å². The van der Waals surface area contributed by atoms with Crippen LogP contribution in [0.4, 0.5) is 24.5 Å². The Kier molecular flexibility index (Phi) is 5.53. The summed E-state index contributed by atoms with van der Waals surface area (Å²) >= 11 is 0. The van der Waals surface area contributed by atoms with Crippen LogP contribution in [0.3, 0.4) is 0 Å². The minimum absolute atomic E-state index is 0.0822. The zero-order chi connectivity index (χ0) is 20.3. The van der Waals surface area contributed by atoms with Gasteiger partial charge in [-0.3, -0.25) is 9.59 Å². The summed E-state index contributed by atoms with van der Waals surface area (Å²) < 4.78 is 40.9. The van der Waals surface area contributed by atoms with Gasteiger partial charge >= 0.3 is 6.18 Å². The lowest BCUT2D eigenvalue weighted by Crippen LogP contribution is -2.24. The Morgan fingerprint density at radius 1 is 1.29 bits per heavy atom. The molecule has 0 radical (unpaired) electrons. The van der Waals surface area contributed by atoms with E-state index in [2.05, 4.69) is 15.0 Å². The molecular formula is C19H18F3N3O3. The molecule has 2 amide bonds. The maximum atomic E-state index is 12.3. The van der Waals surface area contributed by atoms with Gasteiger partial charge in [0.1, 0.15) is 0 Å². The average Bonchev–Trinajstić information content (AvgIpc) is 3.06. The number of anilines is 2. The molecule has 3 rings (SSSR count). The second kappa shape index (κ2) is 7.87. The van der Waals surface area contributed by atoms with E-state index in [1.165, 1.54) is 12.1 Å². The predicted molar refractivity (Wildman–Crippen MR) is 96.5 cm³/mol. The fraction of sp³-hybridized carbons (Fsp3) is 0.316. The number of halogens is 3. The SMILES string of the molecule is Cc1cc(NC(=O)c2ccc(OCC(F)(F)F)nc2)ccc1N1CCCC1=O. The largest absolute Gasteiger partial charge is 0.468 e. The van der Waals surface area contributed by atoms with Gasteiger partial charge in [-0.05, 0) is 43.2 Å². The Bertz CT molecular complexity index is 882. The van der Waals surface area contributed by atoms with Crippen LogP contribution in [0, 0.1) is 6.92 Å². The van der Waals surface area contributed by atoms with E-state index in [9.17, 15) is 22.8 Å². The third-order valence-electron chi connectivity index (χ3n) is 4.20. The van der Waals surface area contributed by atoms with Crippen LogP contribution >= 0.6 is 0 Å². The van der Waals surface area contributed by atoms with Crippen LogP contribution < -0.4 is 15.0 Å². The average molecular weight is 393 g/mol. The van der Waals surface area contributed by atoms with Crippen LogP contribution in [0.15, 0.2) is 36.5 Å². The molecule has 0 atom stereocenters. The van der Waals surface area contributed by atoms with Gasteiger partial charge < -0.3 is 15.0 Å². The van der Waals surface area contributed by atoms with Gasteiger partial charge in [0.2, 0.25) is 11.8 Å². The number of hydrogen-bond donors (Lipinski definition) is 1. The van der Waals surface area contributed by atoms with Crippen molar-refractivity contribution in [2.45, 2.75) is 25.9 Å². The van der Waals surface area contributed by atoms with Gasteiger partial charge in [-0.2, -0.15) is 13.2 Å². The summed E-state index contributed by atoms with van der Waals surface area (Å²) in [4.78, 5) is 29.6. The number of aryl methyl sites for hydroxylation is 1. The molecule has 1 aliphatic rings. The van der Waals surface area contributed by atoms with E-state index in [-0.39, 0.29) is 17.4 Å². The summed E-state index contributed by atoms with van der Waals surface area (Å²) in [6.07, 6.45) is -1.95. The summed E-state index contributed by atoms with van der Waals surface area (Å²) in [5.41, 5.74) is 2.38. The number of nitrogens with one attached hydrogen (secondary N) is 1. The zero-order valence-electron chi connectivity index (χ0n) is 15.0. The zero-order valence-corrected chi connectivity index (χ0v) is 15.0. The highest BCUT2D eigenvalue weighted by Gasteiger charge is 2.28. The van der Waals surface area contributed by atoms with E-state index in [0.717, 1.165) is 23.9 Å². The number of ether oxygens (including phenoxy) is 1. The molecule has 1 fully saturated rings. The predicted octanol–water partition coefficient (Wildman–Crippen LogP) is 3.71. The fourth-order valence-electron chi connectivity index (χ4n) is 2.90. The lowest BCUT2D eigenvalue weighted by Gasteiger charge is -2.19. The van der Waals surface area contributed by atoms with Crippen LogP contribution in [-0.4, -0.2) is 36.1 Å². The van der Waals surface area contributed by atoms with Gasteiger partial charge in [-0.15, -0.1) is 0 Å². The van der Waals surface area contributed by atoms with Crippen LogP contribution in [-0.2, 0) is 4.79 Å². The number of alkyl halides is 3. The van der Waals surface area contributed by atoms with E-state index >= 15 is 0 Å². The minimum Gasteiger partial charge on any atom is -0.468 e. The second-order valence-electron chi connectivity index (χ2n) is 6.39. The van der Waals surface area contributed by atoms with Crippen molar-refractivity contribution in [1.82, 2.24) is 4.98 Å². The molecule has 1 aromatic heterocycles. The standard InChI is InChI=1S/C19H18F3N3O3/c1-12-9-14(5-6-15(12)25-8-2-3-17(25)26)24-18(27)13-4-7-16(23-10-13)28-11-19(20,21)22/h4-7,9-10H,2-3,8,11H2,1H3,(H,24,27). The molecule has 1 aromatic carbocycles. The Hall–Kier alpha value is -3.10. The van der Waals surface area contributed by atoms with Gasteiger partial charge in [-0.1, -0.05) is 0 Å². The molecule has 2 aromatic rings.